The average molecular weight is 138 g/mol. The summed E-state index contributed by atoms with van der Waals surface area (Å²) in [6.45, 7) is 4.31. The lowest BCUT2D eigenvalue weighted by atomic mass is 9.94. The molecular weight excluding hydrogens is 124 g/mol. The van der Waals surface area contributed by atoms with Crippen molar-refractivity contribution in [2.45, 2.75) is 26.7 Å². The molecule has 0 aromatic rings. The van der Waals surface area contributed by atoms with Crippen molar-refractivity contribution in [3.8, 4) is 0 Å². The number of hydrogen-bond donors (Lipinski definition) is 1. The van der Waals surface area contributed by atoms with Crippen molar-refractivity contribution in [3.05, 3.63) is 23.5 Å². The molecule has 1 heteroatoms. The van der Waals surface area contributed by atoms with E-state index in [0.29, 0.717) is 11.7 Å². The minimum atomic E-state index is 0.440. The molecule has 0 aromatic carbocycles. The maximum Gasteiger partial charge on any atom is 0.111 e. The van der Waals surface area contributed by atoms with Crippen molar-refractivity contribution >= 4 is 0 Å². The van der Waals surface area contributed by atoms with E-state index in [0.717, 1.165) is 12.8 Å². The van der Waals surface area contributed by atoms with Crippen LogP contribution in [0, 0.1) is 5.92 Å². The van der Waals surface area contributed by atoms with Crippen molar-refractivity contribution in [2.24, 2.45) is 5.92 Å². The second-order valence-electron chi connectivity index (χ2n) is 3.04. The van der Waals surface area contributed by atoms with Crippen LogP contribution in [-0.4, -0.2) is 5.11 Å². The third-order valence-electron chi connectivity index (χ3n) is 1.86. The first-order valence-corrected chi connectivity index (χ1v) is 3.79. The number of aliphatic hydroxyl groups is 1. The Bertz CT molecular complexity index is 175. The zero-order valence-electron chi connectivity index (χ0n) is 6.59. The van der Waals surface area contributed by atoms with Crippen molar-refractivity contribution in [2.75, 3.05) is 0 Å². The monoisotopic (exact) mass is 138 g/mol. The number of aliphatic hydroxyl groups excluding tert-OH is 1. The first-order valence-electron chi connectivity index (χ1n) is 3.79. The van der Waals surface area contributed by atoms with E-state index in [1.807, 2.05) is 12.2 Å². The van der Waals surface area contributed by atoms with E-state index in [4.69, 9.17) is 5.11 Å². The predicted molar refractivity (Wildman–Crippen MR) is 42.9 cm³/mol. The molecule has 0 aromatic heterocycles. The summed E-state index contributed by atoms with van der Waals surface area (Å²) in [4.78, 5) is 0. The summed E-state index contributed by atoms with van der Waals surface area (Å²) in [5.41, 5.74) is 1.36. The summed E-state index contributed by atoms with van der Waals surface area (Å²) in [5, 5.41) is 9.11. The molecule has 1 N–H and O–H groups in total. The molecule has 1 rings (SSSR count). The van der Waals surface area contributed by atoms with Gasteiger partial charge >= 0.3 is 0 Å². The fourth-order valence-corrected chi connectivity index (χ4v) is 1.16. The molecule has 0 spiro atoms. The van der Waals surface area contributed by atoms with Crippen LogP contribution in [0.25, 0.3) is 0 Å². The molecule has 0 saturated carbocycles. The van der Waals surface area contributed by atoms with E-state index in [9.17, 15) is 0 Å². The van der Waals surface area contributed by atoms with Gasteiger partial charge in [-0.15, -0.1) is 0 Å². The van der Waals surface area contributed by atoms with Gasteiger partial charge in [-0.1, -0.05) is 19.4 Å². The molecule has 1 aliphatic rings. The van der Waals surface area contributed by atoms with Crippen molar-refractivity contribution in [1.82, 2.24) is 0 Å². The van der Waals surface area contributed by atoms with Gasteiger partial charge in [0, 0.05) is 0 Å². The van der Waals surface area contributed by atoms with E-state index < -0.39 is 0 Å². The van der Waals surface area contributed by atoms with Crippen molar-refractivity contribution in [1.29, 1.82) is 0 Å². The number of hydrogen-bond acceptors (Lipinski definition) is 1. The molecule has 0 fully saturated rings. The van der Waals surface area contributed by atoms with Crippen molar-refractivity contribution < 1.29 is 5.11 Å². The number of allylic oxidation sites excluding steroid dienone is 3. The summed E-state index contributed by atoms with van der Waals surface area (Å²) < 4.78 is 0. The molecular formula is C9H14O. The second kappa shape index (κ2) is 2.91. The van der Waals surface area contributed by atoms with Gasteiger partial charge in [0.1, 0.15) is 5.76 Å². The maximum atomic E-state index is 9.11. The molecule has 0 radical (unpaired) electrons. The predicted octanol–water partition coefficient (Wildman–Crippen LogP) is 2.80. The Kier molecular flexibility index (Phi) is 2.15. The van der Waals surface area contributed by atoms with E-state index in [1.54, 1.807) is 0 Å². The highest BCUT2D eigenvalue weighted by atomic mass is 16.3. The van der Waals surface area contributed by atoms with Gasteiger partial charge in [-0.3, -0.25) is 0 Å². The molecule has 1 nitrogen and oxygen atoms in total. The minimum Gasteiger partial charge on any atom is -0.508 e. The molecule has 0 aliphatic heterocycles. The summed E-state index contributed by atoms with van der Waals surface area (Å²) in [5.74, 6) is 1.02. The fraction of sp³-hybridized carbons (Fsp3) is 0.556. The lowest BCUT2D eigenvalue weighted by Crippen LogP contribution is -1.98. The SMILES string of the molecule is CC(C)C1=CC(O)=CCC1. The average Bonchev–Trinajstić information content (AvgIpc) is 1.88. The van der Waals surface area contributed by atoms with Crippen LogP contribution in [0.5, 0.6) is 0 Å². The Hall–Kier alpha value is -0.720. The highest BCUT2D eigenvalue weighted by Gasteiger charge is 2.06. The molecule has 10 heavy (non-hydrogen) atoms. The van der Waals surface area contributed by atoms with Crippen LogP contribution in [0.1, 0.15) is 26.7 Å². The third kappa shape index (κ3) is 1.63. The molecule has 0 amide bonds. The minimum absolute atomic E-state index is 0.440. The van der Waals surface area contributed by atoms with E-state index in [2.05, 4.69) is 13.8 Å². The topological polar surface area (TPSA) is 20.2 Å². The van der Waals surface area contributed by atoms with Crippen LogP contribution in [0.2, 0.25) is 0 Å². The third-order valence-corrected chi connectivity index (χ3v) is 1.86. The van der Waals surface area contributed by atoms with E-state index in [1.165, 1.54) is 5.57 Å². The largest absolute Gasteiger partial charge is 0.508 e. The number of rotatable bonds is 1. The van der Waals surface area contributed by atoms with Gasteiger partial charge in [-0.2, -0.15) is 0 Å². The van der Waals surface area contributed by atoms with Gasteiger partial charge in [-0.25, -0.2) is 0 Å². The molecule has 0 saturated heterocycles. The fourth-order valence-electron chi connectivity index (χ4n) is 1.16. The highest BCUT2D eigenvalue weighted by molar-refractivity contribution is 5.23. The summed E-state index contributed by atoms with van der Waals surface area (Å²) >= 11 is 0. The van der Waals surface area contributed by atoms with Crippen LogP contribution in [0.3, 0.4) is 0 Å². The zero-order valence-corrected chi connectivity index (χ0v) is 6.59. The van der Waals surface area contributed by atoms with Crippen LogP contribution < -0.4 is 0 Å². The van der Waals surface area contributed by atoms with Gasteiger partial charge in [-0.05, 0) is 30.9 Å². The lowest BCUT2D eigenvalue weighted by molar-refractivity contribution is 0.422. The van der Waals surface area contributed by atoms with Crippen LogP contribution in [0.4, 0.5) is 0 Å². The highest BCUT2D eigenvalue weighted by Crippen LogP contribution is 2.21. The summed E-state index contributed by atoms with van der Waals surface area (Å²) in [7, 11) is 0. The molecule has 0 unspecified atom stereocenters. The molecule has 1 aliphatic carbocycles. The normalized spacial score (nSPS) is 18.7. The van der Waals surface area contributed by atoms with Gasteiger partial charge < -0.3 is 5.11 Å². The maximum absolute atomic E-state index is 9.11. The van der Waals surface area contributed by atoms with E-state index in [-0.39, 0.29) is 0 Å². The molecule has 56 valence electrons. The van der Waals surface area contributed by atoms with Gasteiger partial charge in [0.2, 0.25) is 0 Å². The first-order chi connectivity index (χ1) is 4.70. The van der Waals surface area contributed by atoms with Crippen LogP contribution >= 0.6 is 0 Å². The van der Waals surface area contributed by atoms with Gasteiger partial charge in [0.25, 0.3) is 0 Å². The molecule has 0 bridgehead atoms. The Morgan fingerprint density at radius 3 is 2.60 bits per heavy atom. The lowest BCUT2D eigenvalue weighted by Gasteiger charge is -2.13. The first kappa shape index (κ1) is 7.39. The standard InChI is InChI=1S/C9H14O/c1-7(2)8-4-3-5-9(10)6-8/h5-7,10H,3-4H2,1-2H3. The quantitative estimate of drug-likeness (QED) is 0.590. The van der Waals surface area contributed by atoms with Crippen LogP contribution in [0.15, 0.2) is 23.5 Å². The van der Waals surface area contributed by atoms with Crippen molar-refractivity contribution in [3.63, 3.8) is 0 Å². The Labute approximate surface area is 62.1 Å². The Morgan fingerprint density at radius 2 is 2.20 bits per heavy atom. The smallest absolute Gasteiger partial charge is 0.111 e. The second-order valence-corrected chi connectivity index (χ2v) is 3.04. The Morgan fingerprint density at radius 1 is 1.50 bits per heavy atom. The molecule has 0 atom stereocenters. The van der Waals surface area contributed by atoms with E-state index >= 15 is 0 Å². The molecule has 0 heterocycles. The summed E-state index contributed by atoms with van der Waals surface area (Å²) in [6.07, 6.45) is 5.86. The summed E-state index contributed by atoms with van der Waals surface area (Å²) in [6, 6.07) is 0. The van der Waals surface area contributed by atoms with Crippen LogP contribution in [-0.2, 0) is 0 Å². The Balaban J connectivity index is 2.69. The van der Waals surface area contributed by atoms with Gasteiger partial charge in [0.05, 0.1) is 0 Å². The van der Waals surface area contributed by atoms with Gasteiger partial charge in [0.15, 0.2) is 0 Å². The zero-order chi connectivity index (χ0) is 7.56.